The van der Waals surface area contributed by atoms with Gasteiger partial charge in [-0.15, -0.1) is 0 Å². The van der Waals surface area contributed by atoms with Gasteiger partial charge in [-0.2, -0.15) is 5.10 Å². The van der Waals surface area contributed by atoms with Gasteiger partial charge >= 0.3 is 0 Å². The van der Waals surface area contributed by atoms with Crippen LogP contribution in [0.5, 0.6) is 0 Å². The minimum absolute atomic E-state index is 0.0236. The van der Waals surface area contributed by atoms with Crippen molar-refractivity contribution >= 4 is 62.6 Å². The van der Waals surface area contributed by atoms with Crippen molar-refractivity contribution in [2.45, 2.75) is 18.4 Å². The maximum atomic E-state index is 13.9. The second-order valence-corrected chi connectivity index (χ2v) is 11.5. The molecule has 0 aromatic heterocycles. The monoisotopic (exact) mass is 585 g/mol. The summed E-state index contributed by atoms with van der Waals surface area (Å²) in [5.74, 6) is -0.586. The van der Waals surface area contributed by atoms with Gasteiger partial charge in [-0.25, -0.2) is 13.8 Å². The summed E-state index contributed by atoms with van der Waals surface area (Å²) in [5, 5.41) is 5.29. The summed E-state index contributed by atoms with van der Waals surface area (Å²) in [6, 6.07) is 24.8. The number of nitrogens with zero attached hydrogens (tertiary/aromatic N) is 2. The molecule has 4 rings (SSSR count). The first-order valence-electron chi connectivity index (χ1n) is 11.4. The summed E-state index contributed by atoms with van der Waals surface area (Å²) >= 11 is 18.0. The van der Waals surface area contributed by atoms with Gasteiger partial charge in [-0.1, -0.05) is 82.8 Å². The largest absolute Gasteiger partial charge is 0.273 e. The first kappa shape index (κ1) is 27.7. The highest BCUT2D eigenvalue weighted by molar-refractivity contribution is 7.92. The third-order valence-electron chi connectivity index (χ3n) is 5.59. The van der Waals surface area contributed by atoms with Crippen LogP contribution in [0.2, 0.25) is 15.1 Å². The summed E-state index contributed by atoms with van der Waals surface area (Å²) in [6.07, 6.45) is 1.41. The number of hydrogen-bond donors (Lipinski definition) is 1. The van der Waals surface area contributed by atoms with Gasteiger partial charge in [0.1, 0.15) is 0 Å². The molecule has 0 aliphatic carbocycles. The van der Waals surface area contributed by atoms with Crippen molar-refractivity contribution in [3.05, 3.63) is 128 Å². The molecule has 10 heteroatoms. The molecule has 4 aromatic rings. The van der Waals surface area contributed by atoms with Gasteiger partial charge in [0, 0.05) is 5.02 Å². The number of nitrogens with one attached hydrogen (secondary N) is 1. The van der Waals surface area contributed by atoms with Gasteiger partial charge in [-0.05, 0) is 66.6 Å². The molecule has 0 atom stereocenters. The first-order valence-corrected chi connectivity index (χ1v) is 13.9. The third kappa shape index (κ3) is 6.55. The second kappa shape index (κ2) is 12.0. The zero-order valence-corrected chi connectivity index (χ0v) is 23.2. The average Bonchev–Trinajstić information content (AvgIpc) is 2.90. The first-order chi connectivity index (χ1) is 18.1. The maximum Gasteiger partial charge on any atom is 0.273 e. The van der Waals surface area contributed by atoms with Crippen LogP contribution in [0.15, 0.2) is 101 Å². The summed E-state index contributed by atoms with van der Waals surface area (Å²) in [6.45, 7) is 1.85. The number of sulfonamides is 1. The van der Waals surface area contributed by atoms with Crippen LogP contribution in [-0.2, 0) is 16.6 Å². The lowest BCUT2D eigenvalue weighted by atomic mass is 10.1. The summed E-state index contributed by atoms with van der Waals surface area (Å²) < 4.78 is 28.9. The molecule has 1 N–H and O–H groups in total. The van der Waals surface area contributed by atoms with Crippen LogP contribution in [0.25, 0.3) is 0 Å². The van der Waals surface area contributed by atoms with E-state index in [1.165, 1.54) is 10.5 Å². The topological polar surface area (TPSA) is 78.8 Å². The van der Waals surface area contributed by atoms with E-state index in [1.54, 1.807) is 91.0 Å². The molecule has 38 heavy (non-hydrogen) atoms. The number of aryl methyl sites for hydroxylation is 1. The van der Waals surface area contributed by atoms with Gasteiger partial charge in [0.05, 0.1) is 39.0 Å². The van der Waals surface area contributed by atoms with E-state index in [-0.39, 0.29) is 22.7 Å². The Balaban J connectivity index is 1.70. The van der Waals surface area contributed by atoms with Crippen molar-refractivity contribution in [3.63, 3.8) is 0 Å². The van der Waals surface area contributed by atoms with E-state index >= 15 is 0 Å². The van der Waals surface area contributed by atoms with E-state index in [9.17, 15) is 13.2 Å². The number of carbonyl (C=O) groups is 1. The standard InChI is InChI=1S/C28H22Cl3N3O3S/c1-19-6-13-23(14-7-19)38(36,37)34(18-20-8-11-22(29)12-9-20)27-5-3-2-4-24(27)28(35)33-32-17-21-10-15-25(30)26(31)16-21/h2-17H,18H2,1H3,(H,33,35)/b32-17-. The molecule has 0 aliphatic heterocycles. The van der Waals surface area contributed by atoms with Crippen LogP contribution < -0.4 is 9.73 Å². The highest BCUT2D eigenvalue weighted by Crippen LogP contribution is 2.30. The molecule has 0 heterocycles. The van der Waals surface area contributed by atoms with Crippen LogP contribution >= 0.6 is 34.8 Å². The molecule has 194 valence electrons. The summed E-state index contributed by atoms with van der Waals surface area (Å²) in [7, 11) is -4.05. The van der Waals surface area contributed by atoms with Gasteiger partial charge in [-0.3, -0.25) is 9.10 Å². The zero-order chi connectivity index (χ0) is 27.3. The smallest absolute Gasteiger partial charge is 0.267 e. The molecule has 0 unspecified atom stereocenters. The minimum atomic E-state index is -4.05. The molecular formula is C28H22Cl3N3O3S. The van der Waals surface area contributed by atoms with E-state index in [0.29, 0.717) is 26.2 Å². The fourth-order valence-corrected chi connectivity index (χ4v) is 5.50. The predicted molar refractivity (Wildman–Crippen MR) is 154 cm³/mol. The summed E-state index contributed by atoms with van der Waals surface area (Å²) in [4.78, 5) is 13.3. The van der Waals surface area contributed by atoms with E-state index in [1.807, 2.05) is 6.92 Å². The lowest BCUT2D eigenvalue weighted by Gasteiger charge is -2.26. The number of amides is 1. The number of rotatable bonds is 8. The number of hydrogen-bond acceptors (Lipinski definition) is 4. The van der Waals surface area contributed by atoms with Crippen molar-refractivity contribution in [1.82, 2.24) is 5.43 Å². The Hall–Kier alpha value is -3.36. The highest BCUT2D eigenvalue weighted by atomic mass is 35.5. The fourth-order valence-electron chi connectivity index (χ4n) is 3.59. The molecule has 0 aliphatic rings. The quantitative estimate of drug-likeness (QED) is 0.176. The molecule has 0 saturated heterocycles. The fraction of sp³-hybridized carbons (Fsp3) is 0.0714. The summed E-state index contributed by atoms with van der Waals surface area (Å²) in [5.41, 5.74) is 5.03. The Labute approximate surface area is 236 Å². The minimum Gasteiger partial charge on any atom is -0.267 e. The van der Waals surface area contributed by atoms with Crippen molar-refractivity contribution in [2.24, 2.45) is 5.10 Å². The Morgan fingerprint density at radius 1 is 0.895 bits per heavy atom. The van der Waals surface area contributed by atoms with Gasteiger partial charge in [0.2, 0.25) is 0 Å². The lowest BCUT2D eigenvalue weighted by molar-refractivity contribution is 0.0955. The Morgan fingerprint density at radius 2 is 1.58 bits per heavy atom. The number of halogens is 3. The Bertz CT molecular complexity index is 1590. The van der Waals surface area contributed by atoms with E-state index in [4.69, 9.17) is 34.8 Å². The third-order valence-corrected chi connectivity index (χ3v) is 8.35. The van der Waals surface area contributed by atoms with Crippen molar-refractivity contribution < 1.29 is 13.2 Å². The van der Waals surface area contributed by atoms with Gasteiger partial charge in [0.25, 0.3) is 15.9 Å². The van der Waals surface area contributed by atoms with Crippen LogP contribution in [0.4, 0.5) is 5.69 Å². The molecule has 4 aromatic carbocycles. The lowest BCUT2D eigenvalue weighted by Crippen LogP contribution is -2.33. The number of carbonyl (C=O) groups excluding carboxylic acids is 1. The van der Waals surface area contributed by atoms with E-state index < -0.39 is 15.9 Å². The number of anilines is 1. The SMILES string of the molecule is Cc1ccc(S(=O)(=O)N(Cc2ccc(Cl)cc2)c2ccccc2C(=O)N/N=C\c2ccc(Cl)c(Cl)c2)cc1. The molecule has 0 fully saturated rings. The van der Waals surface area contributed by atoms with Crippen LogP contribution in [0.1, 0.15) is 27.0 Å². The number of hydrazone groups is 1. The van der Waals surface area contributed by atoms with Gasteiger partial charge in [0.15, 0.2) is 0 Å². The van der Waals surface area contributed by atoms with E-state index in [2.05, 4.69) is 10.5 Å². The number of para-hydroxylation sites is 1. The Kier molecular flexibility index (Phi) is 8.74. The molecule has 0 bridgehead atoms. The van der Waals surface area contributed by atoms with Crippen LogP contribution in [0, 0.1) is 6.92 Å². The molecule has 0 saturated carbocycles. The molecule has 0 radical (unpaired) electrons. The normalized spacial score (nSPS) is 11.5. The molecule has 6 nitrogen and oxygen atoms in total. The predicted octanol–water partition coefficient (Wildman–Crippen LogP) is 7.11. The van der Waals surface area contributed by atoms with Crippen molar-refractivity contribution in [1.29, 1.82) is 0 Å². The van der Waals surface area contributed by atoms with Crippen LogP contribution in [-0.4, -0.2) is 20.5 Å². The van der Waals surface area contributed by atoms with E-state index in [0.717, 1.165) is 5.56 Å². The molecule has 0 spiro atoms. The average molecular weight is 587 g/mol. The number of benzene rings is 4. The van der Waals surface area contributed by atoms with Crippen molar-refractivity contribution in [3.8, 4) is 0 Å². The zero-order valence-electron chi connectivity index (χ0n) is 20.1. The Morgan fingerprint density at radius 3 is 2.26 bits per heavy atom. The maximum absolute atomic E-state index is 13.9. The second-order valence-electron chi connectivity index (χ2n) is 8.34. The van der Waals surface area contributed by atoms with Gasteiger partial charge < -0.3 is 0 Å². The van der Waals surface area contributed by atoms with Crippen molar-refractivity contribution in [2.75, 3.05) is 4.31 Å². The molecule has 1 amide bonds. The molecular weight excluding hydrogens is 565 g/mol. The highest BCUT2D eigenvalue weighted by Gasteiger charge is 2.28. The van der Waals surface area contributed by atoms with Crippen LogP contribution in [0.3, 0.4) is 0 Å².